The molecule has 0 unspecified atom stereocenters. The summed E-state index contributed by atoms with van der Waals surface area (Å²) in [5.41, 5.74) is 11.4. The van der Waals surface area contributed by atoms with Gasteiger partial charge in [0, 0.05) is 21.8 Å². The van der Waals surface area contributed by atoms with Crippen LogP contribution in [0.5, 0.6) is 0 Å². The van der Waals surface area contributed by atoms with Crippen molar-refractivity contribution < 1.29 is 4.79 Å². The van der Waals surface area contributed by atoms with E-state index in [1.54, 1.807) is 0 Å². The number of Topliss-reactive ketones (excluding diaryl/α,β-unsaturated/α-hetero) is 1. The molecule has 1 nitrogen and oxygen atoms in total. The maximum atomic E-state index is 13.0. The van der Waals surface area contributed by atoms with Crippen molar-refractivity contribution in [3.8, 4) is 44.5 Å². The molecule has 6 aromatic rings. The lowest BCUT2D eigenvalue weighted by Crippen LogP contribution is -2.06. The second-order valence-corrected chi connectivity index (χ2v) is 12.2. The Hall–Kier alpha value is -4.05. The molecular weight excluding hydrogens is 644 g/mol. The van der Waals surface area contributed by atoms with Crippen LogP contribution in [0.4, 0.5) is 0 Å². The van der Waals surface area contributed by atoms with Gasteiger partial charge in [0.05, 0.1) is 0 Å². The van der Waals surface area contributed by atoms with Gasteiger partial charge in [0.2, 0.25) is 0 Å². The number of carbonyl (C=O) groups is 1. The maximum absolute atomic E-state index is 13.0. The summed E-state index contributed by atoms with van der Waals surface area (Å²) in [5, 5.41) is 0. The molecule has 0 aliphatic heterocycles. The first-order valence-corrected chi connectivity index (χ1v) is 15.5. The van der Waals surface area contributed by atoms with Gasteiger partial charge in [-0.1, -0.05) is 153 Å². The molecule has 6 aromatic carbocycles. The van der Waals surface area contributed by atoms with E-state index in [0.29, 0.717) is 12.8 Å². The first kappa shape index (κ1) is 28.1. The Labute approximate surface area is 264 Å². The molecule has 0 aliphatic rings. The molecule has 204 valence electrons. The van der Waals surface area contributed by atoms with E-state index in [-0.39, 0.29) is 5.78 Å². The average Bonchev–Trinajstić information content (AvgIpc) is 3.03. The molecule has 6 rings (SSSR count). The van der Waals surface area contributed by atoms with E-state index >= 15 is 0 Å². The summed E-state index contributed by atoms with van der Waals surface area (Å²) in [6.45, 7) is 0. The van der Waals surface area contributed by atoms with E-state index in [9.17, 15) is 4.79 Å². The van der Waals surface area contributed by atoms with Crippen molar-refractivity contribution in [2.75, 3.05) is 0 Å². The zero-order chi connectivity index (χ0) is 28.9. The first-order valence-electron chi connectivity index (χ1n) is 13.9. The summed E-state index contributed by atoms with van der Waals surface area (Å²) < 4.78 is 2.13. The quantitative estimate of drug-likeness (QED) is 0.157. The summed E-state index contributed by atoms with van der Waals surface area (Å²) in [6, 6.07) is 50.5. The van der Waals surface area contributed by atoms with Gasteiger partial charge in [0.1, 0.15) is 5.78 Å². The molecule has 0 saturated heterocycles. The van der Waals surface area contributed by atoms with Crippen LogP contribution < -0.4 is 0 Å². The fraction of sp³-hybridized carbons (Fsp3) is 0.0513. The minimum Gasteiger partial charge on any atom is -0.299 e. The largest absolute Gasteiger partial charge is 0.299 e. The van der Waals surface area contributed by atoms with Crippen LogP contribution in [0.3, 0.4) is 0 Å². The van der Waals surface area contributed by atoms with Crippen LogP contribution in [0.2, 0.25) is 0 Å². The molecule has 0 fully saturated rings. The van der Waals surface area contributed by atoms with Crippen LogP contribution in [0.25, 0.3) is 44.5 Å². The van der Waals surface area contributed by atoms with Gasteiger partial charge >= 0.3 is 0 Å². The highest BCUT2D eigenvalue weighted by Crippen LogP contribution is 2.34. The number of benzene rings is 6. The van der Waals surface area contributed by atoms with Gasteiger partial charge in [-0.2, -0.15) is 0 Å². The summed E-state index contributed by atoms with van der Waals surface area (Å²) in [4.78, 5) is 13.0. The van der Waals surface area contributed by atoms with Gasteiger partial charge in [-0.15, -0.1) is 0 Å². The van der Waals surface area contributed by atoms with Crippen LogP contribution in [0, 0.1) is 0 Å². The van der Waals surface area contributed by atoms with Crippen molar-refractivity contribution in [3.05, 3.63) is 166 Å². The molecule has 0 aliphatic carbocycles. The Morgan fingerprint density at radius 1 is 0.381 bits per heavy atom. The van der Waals surface area contributed by atoms with E-state index in [1.807, 2.05) is 0 Å². The van der Waals surface area contributed by atoms with Crippen LogP contribution >= 0.6 is 31.9 Å². The molecule has 0 atom stereocenters. The normalized spacial score (nSPS) is 10.9. The molecular formula is C39H28Br2O. The number of ketones is 1. The number of hydrogen-bond acceptors (Lipinski definition) is 1. The second kappa shape index (κ2) is 12.9. The monoisotopic (exact) mass is 670 g/mol. The Morgan fingerprint density at radius 2 is 0.643 bits per heavy atom. The lowest BCUT2D eigenvalue weighted by Gasteiger charge is -2.12. The van der Waals surface area contributed by atoms with Crippen molar-refractivity contribution in [2.45, 2.75) is 12.8 Å². The first-order chi connectivity index (χ1) is 20.5. The fourth-order valence-corrected chi connectivity index (χ4v) is 5.88. The standard InChI is InChI=1S/C39H28Br2O/c40-33-21-17-31(18-22-33)38-7-3-1-5-36(38)29-13-9-27(10-14-29)25-35(42)26-28-11-15-30(16-12-28)37-6-2-4-8-39(37)32-19-23-34(41)24-20-32/h1-24H,25-26H2. The van der Waals surface area contributed by atoms with E-state index in [1.165, 1.54) is 33.4 Å². The van der Waals surface area contributed by atoms with Crippen molar-refractivity contribution in [1.29, 1.82) is 0 Å². The molecule has 0 spiro atoms. The zero-order valence-corrected chi connectivity index (χ0v) is 26.1. The molecule has 0 saturated carbocycles. The minimum atomic E-state index is 0.209. The fourth-order valence-electron chi connectivity index (χ4n) is 5.35. The van der Waals surface area contributed by atoms with Gasteiger partial charge in [-0.05, 0) is 79.9 Å². The van der Waals surface area contributed by atoms with Crippen molar-refractivity contribution in [2.24, 2.45) is 0 Å². The van der Waals surface area contributed by atoms with Crippen molar-refractivity contribution in [3.63, 3.8) is 0 Å². The molecule has 0 amide bonds. The van der Waals surface area contributed by atoms with Crippen LogP contribution in [0.15, 0.2) is 155 Å². The Balaban J connectivity index is 1.13. The Bertz CT molecular complexity index is 1680. The van der Waals surface area contributed by atoms with Crippen LogP contribution in [-0.4, -0.2) is 5.78 Å². The number of hydrogen-bond donors (Lipinski definition) is 0. The predicted octanol–water partition coefficient (Wildman–Crippen LogP) is 11.2. The number of carbonyl (C=O) groups excluding carboxylic acids is 1. The molecule has 3 heteroatoms. The van der Waals surface area contributed by atoms with Gasteiger partial charge in [0.25, 0.3) is 0 Å². The molecule has 0 heterocycles. The van der Waals surface area contributed by atoms with Crippen LogP contribution in [-0.2, 0) is 17.6 Å². The molecule has 0 radical (unpaired) electrons. The molecule has 0 aromatic heterocycles. The third-order valence-corrected chi connectivity index (χ3v) is 8.55. The second-order valence-electron chi connectivity index (χ2n) is 10.4. The molecule has 0 bridgehead atoms. The number of halogens is 2. The van der Waals surface area contributed by atoms with Gasteiger partial charge in [-0.3, -0.25) is 4.79 Å². The lowest BCUT2D eigenvalue weighted by atomic mass is 9.93. The molecule has 42 heavy (non-hydrogen) atoms. The van der Waals surface area contributed by atoms with Crippen LogP contribution in [0.1, 0.15) is 11.1 Å². The van der Waals surface area contributed by atoms with Crippen molar-refractivity contribution in [1.82, 2.24) is 0 Å². The number of rotatable bonds is 8. The minimum absolute atomic E-state index is 0.209. The maximum Gasteiger partial charge on any atom is 0.141 e. The predicted molar refractivity (Wildman–Crippen MR) is 182 cm³/mol. The van der Waals surface area contributed by atoms with E-state index in [4.69, 9.17) is 0 Å². The Kier molecular flexibility index (Phi) is 8.60. The summed E-state index contributed by atoms with van der Waals surface area (Å²) >= 11 is 7.05. The topological polar surface area (TPSA) is 17.1 Å². The van der Waals surface area contributed by atoms with E-state index in [0.717, 1.165) is 31.2 Å². The van der Waals surface area contributed by atoms with Gasteiger partial charge in [0.15, 0.2) is 0 Å². The highest BCUT2D eigenvalue weighted by molar-refractivity contribution is 9.10. The molecule has 0 N–H and O–H groups in total. The Morgan fingerprint density at radius 3 is 0.929 bits per heavy atom. The smallest absolute Gasteiger partial charge is 0.141 e. The van der Waals surface area contributed by atoms with E-state index in [2.05, 4.69) is 177 Å². The third-order valence-electron chi connectivity index (χ3n) is 7.50. The zero-order valence-electron chi connectivity index (χ0n) is 22.9. The average molecular weight is 672 g/mol. The highest BCUT2D eigenvalue weighted by Gasteiger charge is 2.11. The summed E-state index contributed by atoms with van der Waals surface area (Å²) in [7, 11) is 0. The SMILES string of the molecule is O=C(Cc1ccc(-c2ccccc2-c2ccc(Br)cc2)cc1)Cc1ccc(-c2ccccc2-c2ccc(Br)cc2)cc1. The highest BCUT2D eigenvalue weighted by atomic mass is 79.9. The van der Waals surface area contributed by atoms with Gasteiger partial charge in [-0.25, -0.2) is 0 Å². The lowest BCUT2D eigenvalue weighted by molar-refractivity contribution is -0.117. The summed E-state index contributed by atoms with van der Waals surface area (Å²) in [6.07, 6.45) is 0.839. The third kappa shape index (κ3) is 6.54. The van der Waals surface area contributed by atoms with Crippen molar-refractivity contribution >= 4 is 37.6 Å². The van der Waals surface area contributed by atoms with Gasteiger partial charge < -0.3 is 0 Å². The van der Waals surface area contributed by atoms with E-state index < -0.39 is 0 Å². The summed E-state index contributed by atoms with van der Waals surface area (Å²) in [5.74, 6) is 0.209.